The molecule has 5 aromatic rings. The van der Waals surface area contributed by atoms with E-state index in [9.17, 15) is 9.90 Å². The van der Waals surface area contributed by atoms with Gasteiger partial charge in [0.15, 0.2) is 22.5 Å². The predicted molar refractivity (Wildman–Crippen MR) is 219 cm³/mol. The summed E-state index contributed by atoms with van der Waals surface area (Å²) in [5.74, 6) is 0.505. The van der Waals surface area contributed by atoms with Crippen LogP contribution in [0.4, 0.5) is 22.6 Å². The van der Waals surface area contributed by atoms with Gasteiger partial charge >= 0.3 is 5.97 Å². The average Bonchev–Trinajstić information content (AvgIpc) is 3.72. The Labute approximate surface area is 331 Å². The Bertz CT molecular complexity index is 2250. The standard InChI is InChI=1S/C42H52N10O3S/c1-27-18-34(48-49-36(27)47-38-45-31-8-6-7-9-32(31)56-38)50(5)33-11-10-29(35(46-33)37(53)54)30-19-44-52(28(30)2)26-41-21-39(3)20-40(4,22-41)24-42(23-39,25-41)55-17-16-51-14-12-43-13-15-51/h6-11,18-19,43H,12-17,20-26H2,1-5H3,(H,53,54)(H,45,47,49). The highest BCUT2D eigenvalue weighted by Gasteiger charge is 2.66. The Balaban J connectivity index is 0.933. The molecule has 4 aliphatic carbocycles. The Morgan fingerprint density at radius 2 is 1.73 bits per heavy atom. The highest BCUT2D eigenvalue weighted by molar-refractivity contribution is 7.22. The van der Waals surface area contributed by atoms with Crippen LogP contribution in [-0.2, 0) is 11.3 Å². The van der Waals surface area contributed by atoms with E-state index in [0.29, 0.717) is 23.0 Å². The number of pyridine rings is 1. The molecule has 2 unspecified atom stereocenters. The molecule has 4 aromatic heterocycles. The molecule has 5 heterocycles. The molecule has 56 heavy (non-hydrogen) atoms. The maximum Gasteiger partial charge on any atom is 0.355 e. The van der Waals surface area contributed by atoms with E-state index >= 15 is 0 Å². The van der Waals surface area contributed by atoms with Gasteiger partial charge in [0.2, 0.25) is 0 Å². The van der Waals surface area contributed by atoms with Gasteiger partial charge in [-0.15, -0.1) is 10.2 Å². The van der Waals surface area contributed by atoms with Crippen LogP contribution < -0.4 is 15.5 Å². The van der Waals surface area contributed by atoms with Crippen LogP contribution in [0.2, 0.25) is 0 Å². The molecule has 2 atom stereocenters. The summed E-state index contributed by atoms with van der Waals surface area (Å²) in [5, 5.41) is 31.8. The summed E-state index contributed by atoms with van der Waals surface area (Å²) in [6, 6.07) is 13.6. The molecule has 5 aliphatic rings. The molecule has 10 rings (SSSR count). The second-order valence-corrected chi connectivity index (χ2v) is 18.9. The Hall–Kier alpha value is -4.50. The van der Waals surface area contributed by atoms with E-state index < -0.39 is 5.97 Å². The van der Waals surface area contributed by atoms with E-state index in [1.54, 1.807) is 16.2 Å². The summed E-state index contributed by atoms with van der Waals surface area (Å²) < 4.78 is 10.2. The van der Waals surface area contributed by atoms with Gasteiger partial charge < -0.3 is 25.4 Å². The van der Waals surface area contributed by atoms with E-state index in [-0.39, 0.29) is 27.5 Å². The average molecular weight is 777 g/mol. The van der Waals surface area contributed by atoms with Crippen LogP contribution in [0.1, 0.15) is 74.1 Å². The van der Waals surface area contributed by atoms with Crippen molar-refractivity contribution in [3.8, 4) is 11.1 Å². The summed E-state index contributed by atoms with van der Waals surface area (Å²) in [7, 11) is 1.81. The van der Waals surface area contributed by atoms with E-state index in [0.717, 1.165) is 110 Å². The van der Waals surface area contributed by atoms with Gasteiger partial charge in [0.1, 0.15) is 5.82 Å². The summed E-state index contributed by atoms with van der Waals surface area (Å²) in [4.78, 5) is 26.4. The molecule has 3 N–H and O–H groups in total. The van der Waals surface area contributed by atoms with Crippen LogP contribution in [0, 0.1) is 30.1 Å². The van der Waals surface area contributed by atoms with E-state index in [4.69, 9.17) is 9.84 Å². The van der Waals surface area contributed by atoms with Gasteiger partial charge in [-0.3, -0.25) is 9.58 Å². The number of benzene rings is 1. The first-order chi connectivity index (χ1) is 26.8. The highest BCUT2D eigenvalue weighted by Crippen LogP contribution is 2.72. The summed E-state index contributed by atoms with van der Waals surface area (Å²) >= 11 is 1.55. The largest absolute Gasteiger partial charge is 0.476 e. The normalized spacial score (nSPS) is 27.2. The number of rotatable bonds is 12. The number of carboxylic acids is 1. The summed E-state index contributed by atoms with van der Waals surface area (Å²) in [6.07, 6.45) is 8.71. The predicted octanol–water partition coefficient (Wildman–Crippen LogP) is 7.21. The molecule has 4 bridgehead atoms. The number of aromatic carboxylic acids is 1. The fraction of sp³-hybridized carbons (Fsp3) is 0.524. The SMILES string of the molecule is Cc1cc(N(C)c2ccc(-c3cnn(CC45CC6(C)CC(C)(C4)CC(OCCN4CCNCC4)(C6)C5)c3C)c(C(=O)O)n2)nnc1Nc1nc2ccccc2s1. The lowest BCUT2D eigenvalue weighted by atomic mass is 9.39. The van der Waals surface area contributed by atoms with Crippen molar-refractivity contribution in [2.75, 3.05) is 56.6 Å². The number of thiazole rings is 1. The van der Waals surface area contributed by atoms with E-state index in [1.165, 1.54) is 6.42 Å². The Morgan fingerprint density at radius 3 is 2.46 bits per heavy atom. The van der Waals surface area contributed by atoms with E-state index in [1.807, 2.05) is 62.6 Å². The first-order valence-electron chi connectivity index (χ1n) is 19.9. The number of nitrogens with one attached hydrogen (secondary N) is 2. The molecule has 13 nitrogen and oxygen atoms in total. The van der Waals surface area contributed by atoms with Crippen molar-refractivity contribution < 1.29 is 14.6 Å². The Kier molecular flexibility index (Phi) is 9.18. The fourth-order valence-corrected chi connectivity index (χ4v) is 12.4. The minimum Gasteiger partial charge on any atom is -0.476 e. The van der Waals surface area contributed by atoms with Gasteiger partial charge in [0.25, 0.3) is 0 Å². The number of para-hydroxylation sites is 1. The molecule has 0 radical (unpaired) electrons. The smallest absolute Gasteiger partial charge is 0.355 e. The number of hydrogen-bond donors (Lipinski definition) is 3. The zero-order valence-electron chi connectivity index (χ0n) is 33.1. The molecule has 0 amide bonds. The number of fused-ring (bicyclic) bond motifs is 1. The maximum absolute atomic E-state index is 12.8. The van der Waals surface area contributed by atoms with Crippen molar-refractivity contribution >= 4 is 50.1 Å². The number of carboxylic acid groups (broad SMARTS) is 1. The van der Waals surface area contributed by atoms with Gasteiger partial charge in [0.05, 0.1) is 28.6 Å². The third-order valence-corrected chi connectivity index (χ3v) is 13.8. The molecule has 4 saturated carbocycles. The fourth-order valence-electron chi connectivity index (χ4n) is 11.6. The van der Waals surface area contributed by atoms with Crippen molar-refractivity contribution in [1.82, 2.24) is 40.2 Å². The first kappa shape index (κ1) is 37.1. The number of anilines is 4. The van der Waals surface area contributed by atoms with Crippen molar-refractivity contribution in [3.63, 3.8) is 0 Å². The molecule has 1 saturated heterocycles. The number of nitrogens with zero attached hydrogens (tertiary/aromatic N) is 8. The minimum atomic E-state index is -1.10. The maximum atomic E-state index is 12.8. The second kappa shape index (κ2) is 13.9. The molecule has 1 aliphatic heterocycles. The second-order valence-electron chi connectivity index (χ2n) is 17.9. The summed E-state index contributed by atoms with van der Waals surface area (Å²) in [6.45, 7) is 15.8. The van der Waals surface area contributed by atoms with Crippen LogP contribution in [0.3, 0.4) is 0 Å². The van der Waals surface area contributed by atoms with Crippen molar-refractivity contribution in [2.24, 2.45) is 16.2 Å². The van der Waals surface area contributed by atoms with Gasteiger partial charge in [-0.2, -0.15) is 5.10 Å². The zero-order valence-corrected chi connectivity index (χ0v) is 33.9. The van der Waals surface area contributed by atoms with Crippen LogP contribution in [0.15, 0.2) is 48.7 Å². The van der Waals surface area contributed by atoms with Gasteiger partial charge in [-0.1, -0.05) is 37.3 Å². The lowest BCUT2D eigenvalue weighted by molar-refractivity contribution is -0.249. The van der Waals surface area contributed by atoms with Crippen LogP contribution in [-0.4, -0.2) is 97.9 Å². The number of hydrogen-bond acceptors (Lipinski definition) is 12. The number of aryl methyl sites for hydroxylation is 1. The number of ether oxygens (including phenoxy) is 1. The highest BCUT2D eigenvalue weighted by atomic mass is 32.1. The lowest BCUT2D eigenvalue weighted by Gasteiger charge is -2.69. The van der Waals surface area contributed by atoms with E-state index in [2.05, 4.69) is 61.2 Å². The van der Waals surface area contributed by atoms with Crippen molar-refractivity contribution in [1.29, 1.82) is 0 Å². The Morgan fingerprint density at radius 1 is 0.964 bits per heavy atom. The molecule has 14 heteroatoms. The van der Waals surface area contributed by atoms with Gasteiger partial charge in [-0.05, 0) is 105 Å². The third kappa shape index (κ3) is 6.94. The monoisotopic (exact) mass is 776 g/mol. The topological polar surface area (TPSA) is 146 Å². The molecular weight excluding hydrogens is 725 g/mol. The minimum absolute atomic E-state index is 0.0255. The first-order valence-corrected chi connectivity index (χ1v) is 20.7. The van der Waals surface area contributed by atoms with Crippen molar-refractivity contribution in [3.05, 3.63) is 65.6 Å². The summed E-state index contributed by atoms with van der Waals surface area (Å²) in [5.41, 5.74) is 4.50. The number of aromatic nitrogens is 6. The molecule has 0 spiro atoms. The zero-order chi connectivity index (χ0) is 38.9. The number of piperazine rings is 1. The van der Waals surface area contributed by atoms with Crippen LogP contribution >= 0.6 is 11.3 Å². The molecular formula is C42H52N10O3S. The van der Waals surface area contributed by atoms with Crippen LogP contribution in [0.25, 0.3) is 21.3 Å². The quantitative estimate of drug-likeness (QED) is 0.118. The third-order valence-electron chi connectivity index (χ3n) is 12.8. The van der Waals surface area contributed by atoms with Gasteiger partial charge in [-0.25, -0.2) is 14.8 Å². The molecule has 294 valence electrons. The van der Waals surface area contributed by atoms with Crippen LogP contribution in [0.5, 0.6) is 0 Å². The van der Waals surface area contributed by atoms with Crippen molar-refractivity contribution in [2.45, 2.75) is 78.4 Å². The lowest BCUT2D eigenvalue weighted by Crippen LogP contribution is -2.64. The molecule has 1 aromatic carbocycles. The molecule has 5 fully saturated rings. The van der Waals surface area contributed by atoms with Gasteiger partial charge in [0, 0.05) is 63.1 Å². The number of carbonyl (C=O) groups is 1.